The van der Waals surface area contributed by atoms with Crippen LogP contribution < -0.4 is 10.1 Å². The normalized spacial score (nSPS) is 11.5. The Kier molecular flexibility index (Phi) is 5.52. The first kappa shape index (κ1) is 17.5. The maximum atomic E-state index is 13.1. The standard InChI is InChI=1S/C18H18FNO4/c1-11-7-8-13(9-16(11)23-3)18(22)24-12(2)17(21)20-15-6-4-5-14(19)10-15/h4-10,12H,1-3H3,(H,20,21)/t12-/m1/s1. The summed E-state index contributed by atoms with van der Waals surface area (Å²) in [6.45, 7) is 3.29. The number of carbonyl (C=O) groups is 2. The van der Waals surface area contributed by atoms with Crippen molar-refractivity contribution in [3.05, 3.63) is 59.4 Å². The zero-order valence-electron chi connectivity index (χ0n) is 13.6. The molecule has 1 amide bonds. The summed E-state index contributed by atoms with van der Waals surface area (Å²) in [7, 11) is 1.51. The molecule has 5 nitrogen and oxygen atoms in total. The minimum Gasteiger partial charge on any atom is -0.496 e. The van der Waals surface area contributed by atoms with E-state index in [1.807, 2.05) is 6.92 Å². The van der Waals surface area contributed by atoms with Crippen molar-refractivity contribution in [2.24, 2.45) is 0 Å². The first-order chi connectivity index (χ1) is 11.4. The lowest BCUT2D eigenvalue weighted by atomic mass is 10.1. The number of hydrogen-bond acceptors (Lipinski definition) is 4. The molecule has 0 unspecified atom stereocenters. The smallest absolute Gasteiger partial charge is 0.339 e. The third-order valence-electron chi connectivity index (χ3n) is 3.39. The lowest BCUT2D eigenvalue weighted by Gasteiger charge is -2.14. The second-order valence-corrected chi connectivity index (χ2v) is 5.23. The number of esters is 1. The van der Waals surface area contributed by atoms with E-state index in [0.29, 0.717) is 11.4 Å². The van der Waals surface area contributed by atoms with Gasteiger partial charge in [-0.05, 0) is 49.7 Å². The van der Waals surface area contributed by atoms with E-state index in [1.54, 1.807) is 24.3 Å². The maximum Gasteiger partial charge on any atom is 0.339 e. The van der Waals surface area contributed by atoms with Crippen LogP contribution in [0.3, 0.4) is 0 Å². The molecule has 0 aliphatic carbocycles. The van der Waals surface area contributed by atoms with Crippen LogP contribution in [0.4, 0.5) is 10.1 Å². The lowest BCUT2D eigenvalue weighted by Crippen LogP contribution is -2.30. The number of rotatable bonds is 5. The van der Waals surface area contributed by atoms with E-state index in [2.05, 4.69) is 5.32 Å². The Hall–Kier alpha value is -2.89. The molecule has 1 atom stereocenters. The van der Waals surface area contributed by atoms with Gasteiger partial charge in [0.25, 0.3) is 5.91 Å². The van der Waals surface area contributed by atoms with Crippen molar-refractivity contribution >= 4 is 17.6 Å². The minimum absolute atomic E-state index is 0.280. The zero-order valence-corrected chi connectivity index (χ0v) is 13.6. The van der Waals surface area contributed by atoms with E-state index in [0.717, 1.165) is 5.56 Å². The highest BCUT2D eigenvalue weighted by Crippen LogP contribution is 2.20. The summed E-state index contributed by atoms with van der Waals surface area (Å²) in [6.07, 6.45) is -1.03. The van der Waals surface area contributed by atoms with Crippen LogP contribution >= 0.6 is 0 Å². The van der Waals surface area contributed by atoms with Crippen molar-refractivity contribution in [3.63, 3.8) is 0 Å². The molecular formula is C18H18FNO4. The van der Waals surface area contributed by atoms with E-state index in [9.17, 15) is 14.0 Å². The number of benzene rings is 2. The highest BCUT2D eigenvalue weighted by Gasteiger charge is 2.20. The largest absolute Gasteiger partial charge is 0.496 e. The highest BCUT2D eigenvalue weighted by molar-refractivity contribution is 5.97. The fraction of sp³-hybridized carbons (Fsp3) is 0.222. The third kappa shape index (κ3) is 4.32. The van der Waals surface area contributed by atoms with E-state index in [-0.39, 0.29) is 5.56 Å². The molecule has 0 saturated heterocycles. The average molecular weight is 331 g/mol. The summed E-state index contributed by atoms with van der Waals surface area (Å²) in [4.78, 5) is 24.2. The molecule has 0 aromatic heterocycles. The maximum absolute atomic E-state index is 13.1. The number of halogens is 1. The van der Waals surface area contributed by atoms with Crippen LogP contribution in [-0.2, 0) is 9.53 Å². The van der Waals surface area contributed by atoms with Gasteiger partial charge in [0.2, 0.25) is 0 Å². The van der Waals surface area contributed by atoms with Gasteiger partial charge >= 0.3 is 5.97 Å². The Balaban J connectivity index is 2.01. The summed E-state index contributed by atoms with van der Waals surface area (Å²) in [6, 6.07) is 10.3. The first-order valence-corrected chi connectivity index (χ1v) is 7.32. The average Bonchev–Trinajstić information content (AvgIpc) is 2.55. The van der Waals surface area contributed by atoms with Gasteiger partial charge in [-0.15, -0.1) is 0 Å². The molecular weight excluding hydrogens is 313 g/mol. The van der Waals surface area contributed by atoms with Gasteiger partial charge in [-0.3, -0.25) is 4.79 Å². The predicted octanol–water partition coefficient (Wildman–Crippen LogP) is 3.33. The molecule has 24 heavy (non-hydrogen) atoms. The van der Waals surface area contributed by atoms with Crippen LogP contribution in [0.5, 0.6) is 5.75 Å². The molecule has 0 heterocycles. The van der Waals surface area contributed by atoms with E-state index < -0.39 is 23.8 Å². The predicted molar refractivity (Wildman–Crippen MR) is 87.6 cm³/mol. The number of amides is 1. The molecule has 0 radical (unpaired) electrons. The van der Waals surface area contributed by atoms with Gasteiger partial charge in [0.05, 0.1) is 12.7 Å². The van der Waals surface area contributed by atoms with Crippen molar-refractivity contribution in [2.45, 2.75) is 20.0 Å². The summed E-state index contributed by atoms with van der Waals surface area (Å²) in [5, 5.41) is 2.49. The van der Waals surface area contributed by atoms with Crippen LogP contribution in [0.1, 0.15) is 22.8 Å². The Bertz CT molecular complexity index is 760. The second kappa shape index (κ2) is 7.59. The number of nitrogens with one attached hydrogen (secondary N) is 1. The SMILES string of the molecule is COc1cc(C(=O)O[C@H](C)C(=O)Nc2cccc(F)c2)ccc1C. The van der Waals surface area contributed by atoms with Gasteiger partial charge in [-0.2, -0.15) is 0 Å². The zero-order chi connectivity index (χ0) is 17.7. The molecule has 0 aliphatic rings. The molecule has 2 rings (SSSR count). The molecule has 6 heteroatoms. The Morgan fingerprint density at radius 2 is 1.92 bits per heavy atom. The monoisotopic (exact) mass is 331 g/mol. The van der Waals surface area contributed by atoms with Gasteiger partial charge in [0, 0.05) is 5.69 Å². The fourth-order valence-electron chi connectivity index (χ4n) is 2.04. The summed E-state index contributed by atoms with van der Waals surface area (Å²) in [5.74, 6) is -1.10. The summed E-state index contributed by atoms with van der Waals surface area (Å²) >= 11 is 0. The topological polar surface area (TPSA) is 64.6 Å². The Morgan fingerprint density at radius 1 is 1.17 bits per heavy atom. The number of ether oxygens (including phenoxy) is 2. The van der Waals surface area contributed by atoms with Crippen molar-refractivity contribution in [2.75, 3.05) is 12.4 Å². The minimum atomic E-state index is -1.03. The molecule has 2 aromatic carbocycles. The molecule has 126 valence electrons. The molecule has 0 saturated carbocycles. The van der Waals surface area contributed by atoms with Gasteiger partial charge < -0.3 is 14.8 Å². The van der Waals surface area contributed by atoms with Crippen molar-refractivity contribution < 1.29 is 23.5 Å². The third-order valence-corrected chi connectivity index (χ3v) is 3.39. The summed E-state index contributed by atoms with van der Waals surface area (Å²) < 4.78 is 23.4. The highest BCUT2D eigenvalue weighted by atomic mass is 19.1. The van der Waals surface area contributed by atoms with Gasteiger partial charge in [0.15, 0.2) is 6.10 Å². The van der Waals surface area contributed by atoms with E-state index >= 15 is 0 Å². The molecule has 2 aromatic rings. The van der Waals surface area contributed by atoms with Crippen LogP contribution in [0.15, 0.2) is 42.5 Å². The number of aryl methyl sites for hydroxylation is 1. The van der Waals surface area contributed by atoms with Crippen LogP contribution in [-0.4, -0.2) is 25.1 Å². The Morgan fingerprint density at radius 3 is 2.58 bits per heavy atom. The molecule has 0 spiro atoms. The van der Waals surface area contributed by atoms with Crippen molar-refractivity contribution in [1.82, 2.24) is 0 Å². The van der Waals surface area contributed by atoms with Crippen molar-refractivity contribution in [1.29, 1.82) is 0 Å². The number of carbonyl (C=O) groups excluding carboxylic acids is 2. The molecule has 0 aliphatic heterocycles. The van der Waals surface area contributed by atoms with Gasteiger partial charge in [0.1, 0.15) is 11.6 Å². The quantitative estimate of drug-likeness (QED) is 0.854. The second-order valence-electron chi connectivity index (χ2n) is 5.23. The number of anilines is 1. The fourth-order valence-corrected chi connectivity index (χ4v) is 2.04. The molecule has 0 fully saturated rings. The first-order valence-electron chi connectivity index (χ1n) is 7.32. The van der Waals surface area contributed by atoms with Crippen LogP contribution in [0, 0.1) is 12.7 Å². The molecule has 0 bridgehead atoms. The van der Waals surface area contributed by atoms with E-state index in [4.69, 9.17) is 9.47 Å². The van der Waals surface area contributed by atoms with E-state index in [1.165, 1.54) is 32.2 Å². The van der Waals surface area contributed by atoms with Crippen LogP contribution in [0.2, 0.25) is 0 Å². The molecule has 1 N–H and O–H groups in total. The van der Waals surface area contributed by atoms with Gasteiger partial charge in [-0.1, -0.05) is 12.1 Å². The van der Waals surface area contributed by atoms with Gasteiger partial charge in [-0.25, -0.2) is 9.18 Å². The lowest BCUT2D eigenvalue weighted by molar-refractivity contribution is -0.123. The number of hydrogen-bond donors (Lipinski definition) is 1. The number of methoxy groups -OCH3 is 1. The summed E-state index contributed by atoms with van der Waals surface area (Å²) in [5.41, 5.74) is 1.45. The Labute approximate surface area is 139 Å². The van der Waals surface area contributed by atoms with Crippen molar-refractivity contribution in [3.8, 4) is 5.75 Å². The van der Waals surface area contributed by atoms with Crippen LogP contribution in [0.25, 0.3) is 0 Å².